The Hall–Kier alpha value is -1.80. The third-order valence-electron chi connectivity index (χ3n) is 5.72. The fraction of sp³-hybridized carbons (Fsp3) is 0.778. The quantitative estimate of drug-likeness (QED) is 0.809. The molecule has 26 heavy (non-hydrogen) atoms. The van der Waals surface area contributed by atoms with E-state index in [0.717, 1.165) is 42.8 Å². The molecule has 4 rings (SSSR count). The Bertz CT molecular complexity index is 728. The SMILES string of the molecule is CCn1c(CN(C)Cc2noc(C3CCCC3)n2)nnc1C1CC(N)C1. The van der Waals surface area contributed by atoms with E-state index >= 15 is 0 Å². The minimum Gasteiger partial charge on any atom is -0.339 e. The van der Waals surface area contributed by atoms with Crippen molar-refractivity contribution in [2.75, 3.05) is 7.05 Å². The van der Waals surface area contributed by atoms with Gasteiger partial charge in [0.15, 0.2) is 5.82 Å². The number of nitrogens with two attached hydrogens (primary N) is 1. The van der Waals surface area contributed by atoms with E-state index in [1.54, 1.807) is 0 Å². The molecule has 2 fully saturated rings. The van der Waals surface area contributed by atoms with Crippen molar-refractivity contribution < 1.29 is 4.52 Å². The summed E-state index contributed by atoms with van der Waals surface area (Å²) in [6.45, 7) is 4.39. The second kappa shape index (κ2) is 7.44. The van der Waals surface area contributed by atoms with E-state index in [1.165, 1.54) is 25.7 Å². The van der Waals surface area contributed by atoms with Gasteiger partial charge in [0.05, 0.1) is 13.1 Å². The van der Waals surface area contributed by atoms with Gasteiger partial charge in [-0.25, -0.2) is 0 Å². The zero-order valence-corrected chi connectivity index (χ0v) is 15.8. The summed E-state index contributed by atoms with van der Waals surface area (Å²) < 4.78 is 7.71. The van der Waals surface area contributed by atoms with Gasteiger partial charge in [-0.05, 0) is 39.7 Å². The van der Waals surface area contributed by atoms with Gasteiger partial charge in [-0.1, -0.05) is 18.0 Å². The van der Waals surface area contributed by atoms with Crippen molar-refractivity contribution in [1.29, 1.82) is 0 Å². The van der Waals surface area contributed by atoms with E-state index < -0.39 is 0 Å². The topological polar surface area (TPSA) is 98.9 Å². The Morgan fingerprint density at radius 3 is 2.62 bits per heavy atom. The van der Waals surface area contributed by atoms with Crippen LogP contribution in [0.15, 0.2) is 4.52 Å². The Morgan fingerprint density at radius 2 is 1.92 bits per heavy atom. The van der Waals surface area contributed by atoms with Crippen molar-refractivity contribution in [3.63, 3.8) is 0 Å². The van der Waals surface area contributed by atoms with Crippen molar-refractivity contribution in [2.24, 2.45) is 5.73 Å². The molecule has 0 radical (unpaired) electrons. The zero-order chi connectivity index (χ0) is 18.1. The smallest absolute Gasteiger partial charge is 0.229 e. The normalized spacial score (nSPS) is 23.7. The van der Waals surface area contributed by atoms with Gasteiger partial charge in [-0.2, -0.15) is 4.98 Å². The predicted molar refractivity (Wildman–Crippen MR) is 96.3 cm³/mol. The summed E-state index contributed by atoms with van der Waals surface area (Å²) in [7, 11) is 2.05. The Morgan fingerprint density at radius 1 is 1.15 bits per heavy atom. The van der Waals surface area contributed by atoms with Crippen molar-refractivity contribution in [3.8, 4) is 0 Å². The lowest BCUT2D eigenvalue weighted by Crippen LogP contribution is -2.36. The van der Waals surface area contributed by atoms with Crippen LogP contribution in [0.3, 0.4) is 0 Å². The fourth-order valence-electron chi connectivity index (χ4n) is 4.19. The summed E-state index contributed by atoms with van der Waals surface area (Å²) in [5, 5.41) is 13.0. The molecule has 142 valence electrons. The number of hydrogen-bond acceptors (Lipinski definition) is 7. The summed E-state index contributed by atoms with van der Waals surface area (Å²) in [6.07, 6.45) is 6.91. The first kappa shape index (κ1) is 17.6. The summed E-state index contributed by atoms with van der Waals surface area (Å²) in [5.74, 6) is 4.56. The van der Waals surface area contributed by atoms with Crippen LogP contribution in [0.1, 0.15) is 80.6 Å². The lowest BCUT2D eigenvalue weighted by Gasteiger charge is -2.31. The van der Waals surface area contributed by atoms with Crippen LogP contribution in [0.25, 0.3) is 0 Å². The largest absolute Gasteiger partial charge is 0.339 e. The van der Waals surface area contributed by atoms with E-state index in [-0.39, 0.29) is 0 Å². The number of aromatic nitrogens is 5. The monoisotopic (exact) mass is 359 g/mol. The molecule has 2 aromatic heterocycles. The minimum atomic E-state index is 0.320. The predicted octanol–water partition coefficient (Wildman–Crippen LogP) is 2.18. The van der Waals surface area contributed by atoms with Crippen molar-refractivity contribution in [1.82, 2.24) is 29.8 Å². The fourth-order valence-corrected chi connectivity index (χ4v) is 4.19. The van der Waals surface area contributed by atoms with E-state index in [4.69, 9.17) is 10.3 Å². The molecule has 8 nitrogen and oxygen atoms in total. The van der Waals surface area contributed by atoms with Gasteiger partial charge in [0.1, 0.15) is 11.6 Å². The Kier molecular flexibility index (Phi) is 5.04. The Labute approximate surface area is 154 Å². The molecule has 2 aliphatic rings. The first-order chi connectivity index (χ1) is 12.6. The molecule has 0 spiro atoms. The summed E-state index contributed by atoms with van der Waals surface area (Å²) >= 11 is 0. The summed E-state index contributed by atoms with van der Waals surface area (Å²) in [6, 6.07) is 0.320. The molecule has 0 bridgehead atoms. The lowest BCUT2D eigenvalue weighted by molar-refractivity contribution is 0.284. The average Bonchev–Trinajstić information content (AvgIpc) is 3.32. The molecule has 0 unspecified atom stereocenters. The lowest BCUT2D eigenvalue weighted by atomic mass is 9.80. The Balaban J connectivity index is 1.38. The van der Waals surface area contributed by atoms with Crippen molar-refractivity contribution in [2.45, 2.75) is 83.0 Å². The number of hydrogen-bond donors (Lipinski definition) is 1. The molecule has 0 amide bonds. The molecule has 2 heterocycles. The van der Waals surface area contributed by atoms with E-state index in [0.29, 0.717) is 31.0 Å². The maximum atomic E-state index is 5.93. The molecule has 0 atom stereocenters. The highest BCUT2D eigenvalue weighted by Crippen LogP contribution is 2.35. The first-order valence-corrected chi connectivity index (χ1v) is 9.82. The molecule has 2 aromatic rings. The highest BCUT2D eigenvalue weighted by molar-refractivity contribution is 5.08. The van der Waals surface area contributed by atoms with Gasteiger partial charge >= 0.3 is 0 Å². The van der Waals surface area contributed by atoms with Crippen LogP contribution in [-0.2, 0) is 19.6 Å². The molecule has 2 N–H and O–H groups in total. The van der Waals surface area contributed by atoms with Crippen LogP contribution in [0, 0.1) is 0 Å². The molecule has 2 saturated carbocycles. The zero-order valence-electron chi connectivity index (χ0n) is 15.8. The maximum absolute atomic E-state index is 5.93. The molecule has 0 aromatic carbocycles. The summed E-state index contributed by atoms with van der Waals surface area (Å²) in [4.78, 5) is 6.77. The van der Waals surface area contributed by atoms with Gasteiger partial charge in [0.2, 0.25) is 5.89 Å². The third kappa shape index (κ3) is 3.53. The van der Waals surface area contributed by atoms with Crippen LogP contribution in [0.4, 0.5) is 0 Å². The molecule has 2 aliphatic carbocycles. The van der Waals surface area contributed by atoms with Crippen molar-refractivity contribution >= 4 is 0 Å². The highest BCUT2D eigenvalue weighted by Gasteiger charge is 2.32. The van der Waals surface area contributed by atoms with Gasteiger partial charge in [-0.3, -0.25) is 4.90 Å². The van der Waals surface area contributed by atoms with E-state index in [1.807, 2.05) is 0 Å². The van der Waals surface area contributed by atoms with Crippen LogP contribution >= 0.6 is 0 Å². The second-order valence-corrected chi connectivity index (χ2v) is 7.85. The molecule has 0 saturated heterocycles. The van der Waals surface area contributed by atoms with Crippen LogP contribution in [0.5, 0.6) is 0 Å². The molecule has 0 aliphatic heterocycles. The average molecular weight is 359 g/mol. The van der Waals surface area contributed by atoms with Gasteiger partial charge in [-0.15, -0.1) is 10.2 Å². The van der Waals surface area contributed by atoms with Crippen molar-refractivity contribution in [3.05, 3.63) is 23.4 Å². The minimum absolute atomic E-state index is 0.320. The van der Waals surface area contributed by atoms with Crippen LogP contribution in [-0.4, -0.2) is 42.9 Å². The number of nitrogens with zero attached hydrogens (tertiary/aromatic N) is 6. The molecular formula is C18H29N7O. The van der Waals surface area contributed by atoms with E-state index in [2.05, 4.69) is 43.8 Å². The van der Waals surface area contributed by atoms with Gasteiger partial charge in [0.25, 0.3) is 0 Å². The molecule has 8 heteroatoms. The summed E-state index contributed by atoms with van der Waals surface area (Å²) in [5.41, 5.74) is 5.93. The molecular weight excluding hydrogens is 330 g/mol. The second-order valence-electron chi connectivity index (χ2n) is 7.85. The van der Waals surface area contributed by atoms with Gasteiger partial charge in [0, 0.05) is 24.4 Å². The first-order valence-electron chi connectivity index (χ1n) is 9.82. The highest BCUT2D eigenvalue weighted by atomic mass is 16.5. The third-order valence-corrected chi connectivity index (χ3v) is 5.72. The van der Waals surface area contributed by atoms with Crippen LogP contribution < -0.4 is 5.73 Å². The number of rotatable bonds is 7. The standard InChI is InChI=1S/C18H29N7O/c1-3-25-16(21-22-17(25)13-8-14(19)9-13)11-24(2)10-15-20-18(26-23-15)12-6-4-5-7-12/h12-14H,3-11,19H2,1-2H3. The van der Waals surface area contributed by atoms with Crippen LogP contribution in [0.2, 0.25) is 0 Å². The van der Waals surface area contributed by atoms with E-state index in [9.17, 15) is 0 Å². The van der Waals surface area contributed by atoms with Gasteiger partial charge < -0.3 is 14.8 Å². The maximum Gasteiger partial charge on any atom is 0.229 e.